The van der Waals surface area contributed by atoms with Gasteiger partial charge in [0.1, 0.15) is 0 Å². The van der Waals surface area contributed by atoms with E-state index in [0.717, 1.165) is 25.3 Å². The number of rotatable bonds is 7. The molecular formula is C15H27NO3. The van der Waals surface area contributed by atoms with Crippen LogP contribution < -0.4 is 5.32 Å². The predicted molar refractivity (Wildman–Crippen MR) is 73.9 cm³/mol. The average Bonchev–Trinajstić information content (AvgIpc) is 3.28. The van der Waals surface area contributed by atoms with Crippen LogP contribution in [0.3, 0.4) is 0 Å². The summed E-state index contributed by atoms with van der Waals surface area (Å²) >= 11 is 0. The molecule has 0 radical (unpaired) electrons. The third kappa shape index (κ3) is 3.69. The van der Waals surface area contributed by atoms with Crippen molar-refractivity contribution in [2.75, 3.05) is 26.9 Å². The van der Waals surface area contributed by atoms with Crippen LogP contribution in [0.5, 0.6) is 0 Å². The third-order valence-corrected chi connectivity index (χ3v) is 4.56. The molecule has 1 saturated heterocycles. The highest BCUT2D eigenvalue weighted by atomic mass is 16.5. The highest BCUT2D eigenvalue weighted by Gasteiger charge is 2.42. The standard InChI is InChI=1S/C15H27NO3/c1-3-4-13(12-5-6-12)16-11-15(14(17)18-2)7-9-19-10-8-15/h12-13,16H,3-11H2,1-2H3. The second-order valence-electron chi connectivity index (χ2n) is 6.00. The zero-order valence-corrected chi connectivity index (χ0v) is 12.2. The van der Waals surface area contributed by atoms with E-state index in [2.05, 4.69) is 12.2 Å². The van der Waals surface area contributed by atoms with E-state index in [1.54, 1.807) is 0 Å². The van der Waals surface area contributed by atoms with Crippen LogP contribution in [-0.4, -0.2) is 38.9 Å². The lowest BCUT2D eigenvalue weighted by atomic mass is 9.79. The quantitative estimate of drug-likeness (QED) is 0.719. The van der Waals surface area contributed by atoms with E-state index in [1.165, 1.54) is 32.8 Å². The monoisotopic (exact) mass is 269 g/mol. The predicted octanol–water partition coefficient (Wildman–Crippen LogP) is 2.12. The van der Waals surface area contributed by atoms with Crippen LogP contribution in [0, 0.1) is 11.3 Å². The van der Waals surface area contributed by atoms with Gasteiger partial charge >= 0.3 is 5.97 Å². The molecule has 0 spiro atoms. The van der Waals surface area contributed by atoms with E-state index in [4.69, 9.17) is 9.47 Å². The Morgan fingerprint density at radius 1 is 1.42 bits per heavy atom. The van der Waals surface area contributed by atoms with Crippen molar-refractivity contribution in [2.24, 2.45) is 11.3 Å². The van der Waals surface area contributed by atoms with Gasteiger partial charge in [-0.2, -0.15) is 0 Å². The maximum atomic E-state index is 12.1. The number of carbonyl (C=O) groups is 1. The molecule has 1 aliphatic heterocycles. The van der Waals surface area contributed by atoms with Gasteiger partial charge in [0.15, 0.2) is 0 Å². The lowest BCUT2D eigenvalue weighted by Gasteiger charge is -2.36. The molecular weight excluding hydrogens is 242 g/mol. The van der Waals surface area contributed by atoms with Gasteiger partial charge in [0.05, 0.1) is 12.5 Å². The van der Waals surface area contributed by atoms with E-state index in [-0.39, 0.29) is 11.4 Å². The Hall–Kier alpha value is -0.610. The largest absolute Gasteiger partial charge is 0.469 e. The molecule has 1 N–H and O–H groups in total. The number of esters is 1. The molecule has 0 aromatic carbocycles. The Bertz CT molecular complexity index is 296. The first-order chi connectivity index (χ1) is 9.22. The van der Waals surface area contributed by atoms with Gasteiger partial charge in [0.2, 0.25) is 0 Å². The molecule has 1 saturated carbocycles. The summed E-state index contributed by atoms with van der Waals surface area (Å²) in [5.41, 5.74) is -0.367. The zero-order chi connectivity index (χ0) is 13.7. The summed E-state index contributed by atoms with van der Waals surface area (Å²) < 4.78 is 10.4. The molecule has 2 aliphatic rings. The maximum absolute atomic E-state index is 12.1. The van der Waals surface area contributed by atoms with E-state index in [0.29, 0.717) is 19.3 Å². The number of ether oxygens (including phenoxy) is 2. The second-order valence-corrected chi connectivity index (χ2v) is 6.00. The molecule has 4 heteroatoms. The molecule has 4 nitrogen and oxygen atoms in total. The van der Waals surface area contributed by atoms with Crippen LogP contribution in [-0.2, 0) is 14.3 Å². The van der Waals surface area contributed by atoms with Crippen LogP contribution in [0.15, 0.2) is 0 Å². The lowest BCUT2D eigenvalue weighted by Crippen LogP contribution is -2.48. The molecule has 1 heterocycles. The molecule has 0 amide bonds. The van der Waals surface area contributed by atoms with Crippen molar-refractivity contribution in [1.29, 1.82) is 0 Å². The van der Waals surface area contributed by atoms with E-state index in [9.17, 15) is 4.79 Å². The van der Waals surface area contributed by atoms with Gasteiger partial charge in [0.25, 0.3) is 0 Å². The van der Waals surface area contributed by atoms with Crippen LogP contribution in [0.4, 0.5) is 0 Å². The minimum Gasteiger partial charge on any atom is -0.469 e. The molecule has 19 heavy (non-hydrogen) atoms. The van der Waals surface area contributed by atoms with E-state index >= 15 is 0 Å². The van der Waals surface area contributed by atoms with Gasteiger partial charge in [-0.25, -0.2) is 0 Å². The summed E-state index contributed by atoms with van der Waals surface area (Å²) in [6.07, 6.45) is 6.63. The van der Waals surface area contributed by atoms with Crippen LogP contribution in [0.25, 0.3) is 0 Å². The zero-order valence-electron chi connectivity index (χ0n) is 12.2. The lowest BCUT2D eigenvalue weighted by molar-refractivity contribution is -0.158. The smallest absolute Gasteiger partial charge is 0.313 e. The summed E-state index contributed by atoms with van der Waals surface area (Å²) in [4.78, 5) is 12.1. The second kappa shape index (κ2) is 6.71. The molecule has 110 valence electrons. The van der Waals surface area contributed by atoms with Gasteiger partial charge < -0.3 is 14.8 Å². The third-order valence-electron chi connectivity index (χ3n) is 4.56. The fourth-order valence-electron chi connectivity index (χ4n) is 3.07. The Morgan fingerprint density at radius 2 is 2.11 bits per heavy atom. The van der Waals surface area contributed by atoms with Gasteiger partial charge in [-0.1, -0.05) is 13.3 Å². The number of hydrogen-bond donors (Lipinski definition) is 1. The van der Waals surface area contributed by atoms with Crippen LogP contribution in [0.2, 0.25) is 0 Å². The molecule has 1 unspecified atom stereocenters. The molecule has 2 fully saturated rings. The van der Waals surface area contributed by atoms with Crippen molar-refractivity contribution in [3.8, 4) is 0 Å². The Balaban J connectivity index is 1.93. The van der Waals surface area contributed by atoms with Gasteiger partial charge in [-0.05, 0) is 38.0 Å². The van der Waals surface area contributed by atoms with Crippen LogP contribution in [0.1, 0.15) is 45.4 Å². The number of carbonyl (C=O) groups excluding carboxylic acids is 1. The summed E-state index contributed by atoms with van der Waals surface area (Å²) in [5, 5.41) is 3.65. The average molecular weight is 269 g/mol. The SMILES string of the molecule is CCCC(NCC1(C(=O)OC)CCOCC1)C1CC1. The van der Waals surface area contributed by atoms with E-state index < -0.39 is 0 Å². The maximum Gasteiger partial charge on any atom is 0.313 e. The molecule has 2 rings (SSSR count). The fourth-order valence-corrected chi connectivity index (χ4v) is 3.07. The van der Waals surface area contributed by atoms with E-state index in [1.807, 2.05) is 0 Å². The normalized spacial score (nSPS) is 23.9. The first-order valence-corrected chi connectivity index (χ1v) is 7.61. The van der Waals surface area contributed by atoms with Crippen LogP contribution >= 0.6 is 0 Å². The number of hydrogen-bond acceptors (Lipinski definition) is 4. The summed E-state index contributed by atoms with van der Waals surface area (Å²) in [6, 6.07) is 0.578. The number of nitrogens with one attached hydrogen (secondary N) is 1. The summed E-state index contributed by atoms with van der Waals surface area (Å²) in [6.45, 7) is 4.29. The Morgan fingerprint density at radius 3 is 2.63 bits per heavy atom. The van der Waals surface area contributed by atoms with Gasteiger partial charge in [-0.15, -0.1) is 0 Å². The summed E-state index contributed by atoms with van der Waals surface area (Å²) in [5.74, 6) is 0.754. The van der Waals surface area contributed by atoms with Crippen molar-refractivity contribution in [3.63, 3.8) is 0 Å². The first kappa shape index (κ1) is 14.8. The van der Waals surface area contributed by atoms with Crippen molar-refractivity contribution in [2.45, 2.75) is 51.5 Å². The van der Waals surface area contributed by atoms with Crippen molar-refractivity contribution in [3.05, 3.63) is 0 Å². The topological polar surface area (TPSA) is 47.6 Å². The highest BCUT2D eigenvalue weighted by molar-refractivity contribution is 5.77. The fraction of sp³-hybridized carbons (Fsp3) is 0.933. The van der Waals surface area contributed by atoms with Crippen molar-refractivity contribution < 1.29 is 14.3 Å². The number of methoxy groups -OCH3 is 1. The summed E-state index contributed by atoms with van der Waals surface area (Å²) in [7, 11) is 1.49. The minimum atomic E-state index is -0.367. The minimum absolute atomic E-state index is 0.0747. The molecule has 0 aromatic rings. The first-order valence-electron chi connectivity index (χ1n) is 7.61. The van der Waals surface area contributed by atoms with Crippen molar-refractivity contribution >= 4 is 5.97 Å². The Kier molecular flexibility index (Phi) is 5.22. The molecule has 1 aliphatic carbocycles. The van der Waals surface area contributed by atoms with Gasteiger partial charge in [-0.3, -0.25) is 4.79 Å². The van der Waals surface area contributed by atoms with Crippen molar-refractivity contribution in [1.82, 2.24) is 5.32 Å². The highest BCUT2D eigenvalue weighted by Crippen LogP contribution is 2.36. The Labute approximate surface area is 116 Å². The molecule has 0 bridgehead atoms. The molecule has 0 aromatic heterocycles. The molecule has 1 atom stereocenters. The van der Waals surface area contributed by atoms with Gasteiger partial charge in [0, 0.05) is 25.8 Å².